The zero-order chi connectivity index (χ0) is 13.5. The first-order chi connectivity index (χ1) is 9.25. The lowest BCUT2D eigenvalue weighted by Crippen LogP contribution is -2.08. The first-order valence-electron chi connectivity index (χ1n) is 6.75. The summed E-state index contributed by atoms with van der Waals surface area (Å²) in [6.07, 6.45) is 0.988. The highest BCUT2D eigenvalue weighted by atomic mass is 16.5. The van der Waals surface area contributed by atoms with Crippen molar-refractivity contribution in [3.05, 3.63) is 59.7 Å². The maximum atomic E-state index is 5.66. The number of aryl methyl sites for hydroxylation is 2. The van der Waals surface area contributed by atoms with Gasteiger partial charge in [0, 0.05) is 12.2 Å². The van der Waals surface area contributed by atoms with Gasteiger partial charge in [0.15, 0.2) is 0 Å². The number of ether oxygens (including phenoxy) is 1. The molecule has 0 amide bonds. The molecule has 0 aliphatic rings. The highest BCUT2D eigenvalue weighted by Crippen LogP contribution is 2.16. The number of para-hydroxylation sites is 1. The summed E-state index contributed by atoms with van der Waals surface area (Å²) < 4.78 is 5.66. The number of benzene rings is 2. The van der Waals surface area contributed by atoms with Crippen molar-refractivity contribution >= 4 is 5.69 Å². The van der Waals surface area contributed by atoms with E-state index in [1.165, 1.54) is 16.8 Å². The fraction of sp³-hybridized carbons (Fsp3) is 0.294. The Morgan fingerprint density at radius 1 is 1.00 bits per heavy atom. The molecule has 0 aromatic heterocycles. The van der Waals surface area contributed by atoms with Crippen LogP contribution in [0.5, 0.6) is 5.75 Å². The third-order valence-corrected chi connectivity index (χ3v) is 3.04. The van der Waals surface area contributed by atoms with E-state index in [0.717, 1.165) is 25.3 Å². The lowest BCUT2D eigenvalue weighted by atomic mass is 10.1. The van der Waals surface area contributed by atoms with E-state index < -0.39 is 0 Å². The second-order valence-electron chi connectivity index (χ2n) is 4.76. The number of rotatable bonds is 6. The Balaban J connectivity index is 1.71. The van der Waals surface area contributed by atoms with E-state index in [9.17, 15) is 0 Å². The quantitative estimate of drug-likeness (QED) is 0.782. The van der Waals surface area contributed by atoms with Gasteiger partial charge in [0.05, 0.1) is 6.61 Å². The number of anilines is 1. The molecule has 100 valence electrons. The van der Waals surface area contributed by atoms with E-state index in [1.54, 1.807) is 0 Å². The van der Waals surface area contributed by atoms with Gasteiger partial charge in [-0.15, -0.1) is 0 Å². The van der Waals surface area contributed by atoms with Gasteiger partial charge in [0.2, 0.25) is 0 Å². The predicted molar refractivity (Wildman–Crippen MR) is 81.0 cm³/mol. The Morgan fingerprint density at radius 2 is 1.79 bits per heavy atom. The van der Waals surface area contributed by atoms with Crippen LogP contribution in [0, 0.1) is 13.8 Å². The summed E-state index contributed by atoms with van der Waals surface area (Å²) in [6.45, 7) is 5.91. The van der Waals surface area contributed by atoms with Crippen LogP contribution in [0.25, 0.3) is 0 Å². The molecule has 0 saturated heterocycles. The summed E-state index contributed by atoms with van der Waals surface area (Å²) in [5, 5.41) is 3.46. The Kier molecular flexibility index (Phi) is 4.85. The molecule has 2 heteroatoms. The SMILES string of the molecule is Cc1ccc(C)c(NCCCOc2ccccc2)c1. The van der Waals surface area contributed by atoms with Crippen LogP contribution in [0.3, 0.4) is 0 Å². The van der Waals surface area contributed by atoms with Gasteiger partial charge in [-0.1, -0.05) is 30.3 Å². The molecular weight excluding hydrogens is 234 g/mol. The minimum atomic E-state index is 0.738. The molecule has 0 bridgehead atoms. The summed E-state index contributed by atoms with van der Waals surface area (Å²) >= 11 is 0. The van der Waals surface area contributed by atoms with Crippen LogP contribution in [0.4, 0.5) is 5.69 Å². The Hall–Kier alpha value is -1.96. The monoisotopic (exact) mass is 255 g/mol. The highest BCUT2D eigenvalue weighted by molar-refractivity contribution is 5.52. The molecule has 0 radical (unpaired) electrons. The topological polar surface area (TPSA) is 21.3 Å². The van der Waals surface area contributed by atoms with Crippen LogP contribution in [-0.4, -0.2) is 13.2 Å². The molecular formula is C17H21NO. The third kappa shape index (κ3) is 4.32. The number of hydrogen-bond donors (Lipinski definition) is 1. The van der Waals surface area contributed by atoms with Crippen LogP contribution < -0.4 is 10.1 Å². The lowest BCUT2D eigenvalue weighted by Gasteiger charge is -2.11. The molecule has 0 heterocycles. The molecule has 0 aliphatic carbocycles. The van der Waals surface area contributed by atoms with E-state index in [-0.39, 0.29) is 0 Å². The molecule has 1 N–H and O–H groups in total. The Morgan fingerprint density at radius 3 is 2.58 bits per heavy atom. The lowest BCUT2D eigenvalue weighted by molar-refractivity contribution is 0.315. The zero-order valence-electron chi connectivity index (χ0n) is 11.6. The van der Waals surface area contributed by atoms with Crippen molar-refractivity contribution in [1.29, 1.82) is 0 Å². The number of hydrogen-bond acceptors (Lipinski definition) is 2. The van der Waals surface area contributed by atoms with Gasteiger partial charge in [-0.05, 0) is 49.6 Å². The minimum absolute atomic E-state index is 0.738. The van der Waals surface area contributed by atoms with Gasteiger partial charge in [-0.25, -0.2) is 0 Å². The summed E-state index contributed by atoms with van der Waals surface area (Å²) in [5.74, 6) is 0.939. The zero-order valence-corrected chi connectivity index (χ0v) is 11.6. The standard InChI is InChI=1S/C17H21NO/c1-14-9-10-15(2)17(13-14)18-11-6-12-19-16-7-4-3-5-8-16/h3-5,7-10,13,18H,6,11-12H2,1-2H3. The van der Waals surface area contributed by atoms with Crippen molar-refractivity contribution in [2.75, 3.05) is 18.5 Å². The van der Waals surface area contributed by atoms with Gasteiger partial charge in [0.1, 0.15) is 5.75 Å². The van der Waals surface area contributed by atoms with E-state index in [0.29, 0.717) is 0 Å². The maximum absolute atomic E-state index is 5.66. The van der Waals surface area contributed by atoms with E-state index in [2.05, 4.69) is 37.4 Å². The minimum Gasteiger partial charge on any atom is -0.494 e. The molecule has 19 heavy (non-hydrogen) atoms. The van der Waals surface area contributed by atoms with Gasteiger partial charge in [-0.2, -0.15) is 0 Å². The summed E-state index contributed by atoms with van der Waals surface area (Å²) in [6, 6.07) is 16.4. The molecule has 2 nitrogen and oxygen atoms in total. The van der Waals surface area contributed by atoms with Crippen molar-refractivity contribution < 1.29 is 4.74 Å². The van der Waals surface area contributed by atoms with Gasteiger partial charge in [-0.3, -0.25) is 0 Å². The van der Waals surface area contributed by atoms with Crippen LogP contribution in [0.15, 0.2) is 48.5 Å². The maximum Gasteiger partial charge on any atom is 0.119 e. The van der Waals surface area contributed by atoms with Crippen molar-refractivity contribution in [3.63, 3.8) is 0 Å². The second-order valence-corrected chi connectivity index (χ2v) is 4.76. The van der Waals surface area contributed by atoms with Crippen molar-refractivity contribution in [2.45, 2.75) is 20.3 Å². The molecule has 2 aromatic rings. The smallest absolute Gasteiger partial charge is 0.119 e. The average Bonchev–Trinajstić information content (AvgIpc) is 2.43. The van der Waals surface area contributed by atoms with Crippen LogP contribution >= 0.6 is 0 Å². The van der Waals surface area contributed by atoms with Crippen LogP contribution in [-0.2, 0) is 0 Å². The van der Waals surface area contributed by atoms with Gasteiger partial charge >= 0.3 is 0 Å². The molecule has 0 atom stereocenters. The van der Waals surface area contributed by atoms with Gasteiger partial charge < -0.3 is 10.1 Å². The van der Waals surface area contributed by atoms with Crippen LogP contribution in [0.2, 0.25) is 0 Å². The Labute approximate surface area is 115 Å². The Bertz CT molecular complexity index is 508. The van der Waals surface area contributed by atoms with Crippen LogP contribution in [0.1, 0.15) is 17.5 Å². The fourth-order valence-electron chi connectivity index (χ4n) is 1.93. The molecule has 0 spiro atoms. The second kappa shape index (κ2) is 6.83. The molecule has 0 aliphatic heterocycles. The summed E-state index contributed by atoms with van der Waals surface area (Å²) in [5.41, 5.74) is 3.79. The summed E-state index contributed by atoms with van der Waals surface area (Å²) in [4.78, 5) is 0. The van der Waals surface area contributed by atoms with E-state index in [4.69, 9.17) is 4.74 Å². The summed E-state index contributed by atoms with van der Waals surface area (Å²) in [7, 11) is 0. The molecule has 2 aromatic carbocycles. The van der Waals surface area contributed by atoms with E-state index >= 15 is 0 Å². The first kappa shape index (κ1) is 13.5. The van der Waals surface area contributed by atoms with Gasteiger partial charge in [0.25, 0.3) is 0 Å². The number of nitrogens with one attached hydrogen (secondary N) is 1. The average molecular weight is 255 g/mol. The molecule has 0 fully saturated rings. The van der Waals surface area contributed by atoms with Crippen molar-refractivity contribution in [1.82, 2.24) is 0 Å². The van der Waals surface area contributed by atoms with Crippen molar-refractivity contribution in [2.24, 2.45) is 0 Å². The van der Waals surface area contributed by atoms with Crippen molar-refractivity contribution in [3.8, 4) is 5.75 Å². The molecule has 0 saturated carbocycles. The fourth-order valence-corrected chi connectivity index (χ4v) is 1.93. The largest absolute Gasteiger partial charge is 0.494 e. The third-order valence-electron chi connectivity index (χ3n) is 3.04. The molecule has 2 rings (SSSR count). The van der Waals surface area contributed by atoms with E-state index in [1.807, 2.05) is 30.3 Å². The normalized spacial score (nSPS) is 10.2. The molecule has 0 unspecified atom stereocenters. The first-order valence-corrected chi connectivity index (χ1v) is 6.75. The predicted octanol–water partition coefficient (Wildman–Crippen LogP) is 4.18. The highest BCUT2D eigenvalue weighted by Gasteiger charge is 1.98.